The molecule has 0 spiro atoms. The van der Waals surface area contributed by atoms with Crippen LogP contribution in [0.3, 0.4) is 0 Å². The van der Waals surface area contributed by atoms with Crippen LogP contribution in [0.1, 0.15) is 18.5 Å². The lowest BCUT2D eigenvalue weighted by Crippen LogP contribution is -2.39. The Labute approximate surface area is 154 Å². The molecule has 1 fully saturated rings. The maximum Gasteiger partial charge on any atom is 0.0953 e. The van der Waals surface area contributed by atoms with Gasteiger partial charge in [-0.15, -0.1) is 0 Å². The Bertz CT molecular complexity index is 845. The van der Waals surface area contributed by atoms with E-state index in [9.17, 15) is 0 Å². The lowest BCUT2D eigenvalue weighted by molar-refractivity contribution is 0.0326. The van der Waals surface area contributed by atoms with Crippen molar-refractivity contribution in [3.8, 4) is 16.9 Å². The van der Waals surface area contributed by atoms with Crippen LogP contribution in [0, 0.1) is 6.92 Å². The number of aromatic nitrogens is 4. The predicted molar refractivity (Wildman–Crippen MR) is 101 cm³/mol. The minimum absolute atomic E-state index is 0.341. The Kier molecular flexibility index (Phi) is 4.86. The molecule has 136 valence electrons. The molecule has 1 saturated heterocycles. The number of rotatable bonds is 5. The van der Waals surface area contributed by atoms with Gasteiger partial charge in [0.2, 0.25) is 0 Å². The van der Waals surface area contributed by atoms with Gasteiger partial charge in [-0.3, -0.25) is 4.90 Å². The van der Waals surface area contributed by atoms with Crippen molar-refractivity contribution in [2.75, 3.05) is 32.8 Å². The smallest absolute Gasteiger partial charge is 0.0953 e. The van der Waals surface area contributed by atoms with Gasteiger partial charge in [-0.1, -0.05) is 17.7 Å². The average Bonchev–Trinajstić information content (AvgIpc) is 3.32. The molecule has 3 aromatic rings. The second-order valence-corrected chi connectivity index (χ2v) is 6.96. The van der Waals surface area contributed by atoms with Crippen LogP contribution >= 0.6 is 0 Å². The van der Waals surface area contributed by atoms with Crippen molar-refractivity contribution in [3.63, 3.8) is 0 Å². The Morgan fingerprint density at radius 1 is 1.12 bits per heavy atom. The third-order valence-corrected chi connectivity index (χ3v) is 4.94. The number of morpholine rings is 1. The molecule has 0 bridgehead atoms. The Balaban J connectivity index is 1.54. The first-order valence-corrected chi connectivity index (χ1v) is 9.15. The van der Waals surface area contributed by atoms with Crippen LogP contribution in [0.25, 0.3) is 16.9 Å². The number of imidazole rings is 1. The molecule has 2 aromatic heterocycles. The summed E-state index contributed by atoms with van der Waals surface area (Å²) in [6.07, 6.45) is 7.82. The number of hydrogen-bond donors (Lipinski definition) is 0. The molecule has 1 atom stereocenters. The SMILES string of the molecule is Cc1ccc(-n2cc(-c3cncn3[C@@H](C)CN3CCOCC3)cn2)cc1. The van der Waals surface area contributed by atoms with E-state index in [-0.39, 0.29) is 0 Å². The fourth-order valence-corrected chi connectivity index (χ4v) is 3.42. The van der Waals surface area contributed by atoms with Gasteiger partial charge < -0.3 is 9.30 Å². The van der Waals surface area contributed by atoms with Gasteiger partial charge in [-0.25, -0.2) is 9.67 Å². The predicted octanol–water partition coefficient (Wildman–Crippen LogP) is 2.94. The number of aryl methyl sites for hydroxylation is 1. The van der Waals surface area contributed by atoms with Gasteiger partial charge >= 0.3 is 0 Å². The normalized spacial score (nSPS) is 16.7. The third kappa shape index (κ3) is 3.57. The quantitative estimate of drug-likeness (QED) is 0.709. The second-order valence-electron chi connectivity index (χ2n) is 6.96. The Morgan fingerprint density at radius 3 is 2.65 bits per heavy atom. The highest BCUT2D eigenvalue weighted by Crippen LogP contribution is 2.24. The molecule has 4 rings (SSSR count). The zero-order chi connectivity index (χ0) is 17.9. The summed E-state index contributed by atoms with van der Waals surface area (Å²) >= 11 is 0. The maximum absolute atomic E-state index is 5.45. The lowest BCUT2D eigenvalue weighted by atomic mass is 10.2. The van der Waals surface area contributed by atoms with Crippen LogP contribution in [-0.4, -0.2) is 57.1 Å². The van der Waals surface area contributed by atoms with E-state index in [1.54, 1.807) is 0 Å². The van der Waals surface area contributed by atoms with Gasteiger partial charge in [0.1, 0.15) is 0 Å². The molecular formula is C20H25N5O. The van der Waals surface area contributed by atoms with Gasteiger partial charge in [0, 0.05) is 37.4 Å². The Hall–Kier alpha value is -2.44. The maximum atomic E-state index is 5.45. The highest BCUT2D eigenvalue weighted by Gasteiger charge is 2.18. The van der Waals surface area contributed by atoms with Crippen LogP contribution in [0.2, 0.25) is 0 Å². The van der Waals surface area contributed by atoms with Crippen molar-refractivity contribution in [2.24, 2.45) is 0 Å². The number of nitrogens with zero attached hydrogens (tertiary/aromatic N) is 5. The molecule has 0 unspecified atom stereocenters. The molecule has 26 heavy (non-hydrogen) atoms. The molecule has 0 N–H and O–H groups in total. The van der Waals surface area contributed by atoms with E-state index in [4.69, 9.17) is 4.74 Å². The summed E-state index contributed by atoms with van der Waals surface area (Å²) in [6.45, 7) is 8.98. The third-order valence-electron chi connectivity index (χ3n) is 4.94. The fraction of sp³-hybridized carbons (Fsp3) is 0.400. The van der Waals surface area contributed by atoms with Crippen LogP contribution in [0.4, 0.5) is 0 Å². The van der Waals surface area contributed by atoms with Crippen molar-refractivity contribution in [1.82, 2.24) is 24.2 Å². The highest BCUT2D eigenvalue weighted by molar-refractivity contribution is 5.57. The minimum Gasteiger partial charge on any atom is -0.379 e. The summed E-state index contributed by atoms with van der Waals surface area (Å²) < 4.78 is 9.60. The van der Waals surface area contributed by atoms with E-state index >= 15 is 0 Å². The monoisotopic (exact) mass is 351 g/mol. The molecule has 0 saturated carbocycles. The van der Waals surface area contributed by atoms with Crippen molar-refractivity contribution >= 4 is 0 Å². The van der Waals surface area contributed by atoms with E-state index < -0.39 is 0 Å². The lowest BCUT2D eigenvalue weighted by Gasteiger charge is -2.30. The topological polar surface area (TPSA) is 48.1 Å². The Morgan fingerprint density at radius 2 is 1.88 bits per heavy atom. The molecule has 3 heterocycles. The molecule has 1 aliphatic rings. The highest BCUT2D eigenvalue weighted by atomic mass is 16.5. The largest absolute Gasteiger partial charge is 0.379 e. The number of ether oxygens (including phenoxy) is 1. The summed E-state index contributed by atoms with van der Waals surface area (Å²) in [5.41, 5.74) is 4.49. The van der Waals surface area contributed by atoms with Crippen LogP contribution in [-0.2, 0) is 4.74 Å². The molecule has 6 nitrogen and oxygen atoms in total. The molecule has 1 aliphatic heterocycles. The number of hydrogen-bond acceptors (Lipinski definition) is 4. The molecule has 1 aromatic carbocycles. The first kappa shape index (κ1) is 17.0. The minimum atomic E-state index is 0.341. The van der Waals surface area contributed by atoms with Gasteiger partial charge in [0.15, 0.2) is 0 Å². The van der Waals surface area contributed by atoms with Gasteiger partial charge in [-0.05, 0) is 26.0 Å². The van der Waals surface area contributed by atoms with Gasteiger partial charge in [0.05, 0.1) is 43.3 Å². The van der Waals surface area contributed by atoms with Crippen LogP contribution < -0.4 is 0 Å². The van der Waals surface area contributed by atoms with E-state index in [2.05, 4.69) is 63.9 Å². The van der Waals surface area contributed by atoms with Crippen molar-refractivity contribution in [3.05, 3.63) is 54.7 Å². The summed E-state index contributed by atoms with van der Waals surface area (Å²) in [5, 5.41) is 4.54. The molecular weight excluding hydrogens is 326 g/mol. The van der Waals surface area contributed by atoms with Crippen molar-refractivity contribution in [1.29, 1.82) is 0 Å². The summed E-state index contributed by atoms with van der Waals surface area (Å²) in [4.78, 5) is 6.84. The summed E-state index contributed by atoms with van der Waals surface area (Å²) in [5.74, 6) is 0. The molecule has 0 aliphatic carbocycles. The molecule has 0 amide bonds. The van der Waals surface area contributed by atoms with Gasteiger partial charge in [0.25, 0.3) is 0 Å². The van der Waals surface area contributed by atoms with E-state index in [1.165, 1.54) is 5.56 Å². The molecule has 6 heteroatoms. The van der Waals surface area contributed by atoms with E-state index in [0.29, 0.717) is 6.04 Å². The van der Waals surface area contributed by atoms with Gasteiger partial charge in [-0.2, -0.15) is 5.10 Å². The fourth-order valence-electron chi connectivity index (χ4n) is 3.42. The zero-order valence-corrected chi connectivity index (χ0v) is 15.4. The number of benzene rings is 1. The van der Waals surface area contributed by atoms with E-state index in [1.807, 2.05) is 23.4 Å². The standard InChI is InChI=1S/C20H25N5O/c1-16-3-5-19(6-4-16)25-14-18(11-22-25)20-12-21-15-24(20)17(2)13-23-7-9-26-10-8-23/h3-6,11-12,14-15,17H,7-10,13H2,1-2H3/t17-/m0/s1. The first-order valence-electron chi connectivity index (χ1n) is 9.15. The zero-order valence-electron chi connectivity index (χ0n) is 15.4. The second kappa shape index (κ2) is 7.43. The van der Waals surface area contributed by atoms with E-state index in [0.717, 1.165) is 49.8 Å². The van der Waals surface area contributed by atoms with Crippen molar-refractivity contribution in [2.45, 2.75) is 19.9 Å². The summed E-state index contributed by atoms with van der Waals surface area (Å²) in [6, 6.07) is 8.72. The summed E-state index contributed by atoms with van der Waals surface area (Å²) in [7, 11) is 0. The van der Waals surface area contributed by atoms with Crippen LogP contribution in [0.5, 0.6) is 0 Å². The first-order chi connectivity index (χ1) is 12.7. The van der Waals surface area contributed by atoms with Crippen molar-refractivity contribution < 1.29 is 4.74 Å². The molecule has 0 radical (unpaired) electrons. The average molecular weight is 351 g/mol. The van der Waals surface area contributed by atoms with Crippen LogP contribution in [0.15, 0.2) is 49.2 Å².